The second-order valence-electron chi connectivity index (χ2n) is 6.36. The lowest BCUT2D eigenvalue weighted by atomic mass is 9.49. The molecule has 0 atom stereocenters. The molecule has 2 fully saturated rings. The molecule has 2 saturated carbocycles. The van der Waals surface area contributed by atoms with E-state index in [1.807, 2.05) is 0 Å². The standard InChI is InChI=1S/C16H23N/c1-13-6-2-3-7-14(13)16(12-17)10-15(11-16)8-4-5-9-15/h2-3,6-7H,4-5,8-12,17H2,1H3. The van der Waals surface area contributed by atoms with E-state index in [4.69, 9.17) is 5.73 Å². The zero-order valence-corrected chi connectivity index (χ0v) is 10.8. The van der Waals surface area contributed by atoms with E-state index in [-0.39, 0.29) is 0 Å². The Morgan fingerprint density at radius 3 is 2.35 bits per heavy atom. The van der Waals surface area contributed by atoms with E-state index in [1.165, 1.54) is 49.7 Å². The lowest BCUT2D eigenvalue weighted by Crippen LogP contribution is -2.53. The predicted octanol–water partition coefficient (Wildman–Crippen LogP) is 3.55. The largest absolute Gasteiger partial charge is 0.330 e. The monoisotopic (exact) mass is 229 g/mol. The molecule has 1 heteroatoms. The van der Waals surface area contributed by atoms with Crippen molar-refractivity contribution >= 4 is 0 Å². The molecule has 0 amide bonds. The second-order valence-corrected chi connectivity index (χ2v) is 6.36. The van der Waals surface area contributed by atoms with Gasteiger partial charge in [-0.15, -0.1) is 0 Å². The highest BCUT2D eigenvalue weighted by Crippen LogP contribution is 2.62. The maximum Gasteiger partial charge on any atom is 0.00887 e. The maximum atomic E-state index is 6.12. The summed E-state index contributed by atoms with van der Waals surface area (Å²) in [6.07, 6.45) is 8.44. The van der Waals surface area contributed by atoms with Crippen molar-refractivity contribution in [2.75, 3.05) is 6.54 Å². The number of nitrogens with two attached hydrogens (primary N) is 1. The Morgan fingerprint density at radius 1 is 1.12 bits per heavy atom. The summed E-state index contributed by atoms with van der Waals surface area (Å²) in [6, 6.07) is 8.82. The molecule has 0 aromatic heterocycles. The number of hydrogen-bond acceptors (Lipinski definition) is 1. The summed E-state index contributed by atoms with van der Waals surface area (Å²) in [5, 5.41) is 0. The van der Waals surface area contributed by atoms with Gasteiger partial charge in [0.25, 0.3) is 0 Å². The van der Waals surface area contributed by atoms with Crippen molar-refractivity contribution in [1.29, 1.82) is 0 Å². The Morgan fingerprint density at radius 2 is 1.76 bits per heavy atom. The van der Waals surface area contributed by atoms with Crippen LogP contribution in [0.3, 0.4) is 0 Å². The van der Waals surface area contributed by atoms with Gasteiger partial charge in [-0.25, -0.2) is 0 Å². The van der Waals surface area contributed by atoms with Crippen molar-refractivity contribution in [1.82, 2.24) is 0 Å². The Bertz CT molecular complexity index is 407. The first-order valence-corrected chi connectivity index (χ1v) is 6.96. The van der Waals surface area contributed by atoms with Gasteiger partial charge in [0.05, 0.1) is 0 Å². The minimum Gasteiger partial charge on any atom is -0.330 e. The van der Waals surface area contributed by atoms with Gasteiger partial charge in [-0.05, 0) is 49.1 Å². The molecule has 2 aliphatic rings. The molecule has 0 heterocycles. The lowest BCUT2D eigenvalue weighted by molar-refractivity contribution is 0.0325. The summed E-state index contributed by atoms with van der Waals surface area (Å²) in [6.45, 7) is 3.05. The molecule has 0 saturated heterocycles. The van der Waals surface area contributed by atoms with Gasteiger partial charge in [0.1, 0.15) is 0 Å². The first-order valence-electron chi connectivity index (χ1n) is 6.96. The smallest absolute Gasteiger partial charge is 0.00887 e. The van der Waals surface area contributed by atoms with Crippen molar-refractivity contribution < 1.29 is 0 Å². The Hall–Kier alpha value is -0.820. The highest BCUT2D eigenvalue weighted by Gasteiger charge is 2.55. The normalized spacial score (nSPS) is 24.8. The van der Waals surface area contributed by atoms with Gasteiger partial charge in [-0.2, -0.15) is 0 Å². The molecule has 1 nitrogen and oxygen atoms in total. The predicted molar refractivity (Wildman–Crippen MR) is 72.0 cm³/mol. The van der Waals surface area contributed by atoms with E-state index in [2.05, 4.69) is 31.2 Å². The van der Waals surface area contributed by atoms with Gasteiger partial charge in [-0.1, -0.05) is 37.1 Å². The summed E-state index contributed by atoms with van der Waals surface area (Å²) < 4.78 is 0. The van der Waals surface area contributed by atoms with Crippen LogP contribution in [0, 0.1) is 12.3 Å². The first-order chi connectivity index (χ1) is 8.20. The zero-order chi connectivity index (χ0) is 11.9. The van der Waals surface area contributed by atoms with E-state index in [0.29, 0.717) is 10.8 Å². The summed E-state index contributed by atoms with van der Waals surface area (Å²) in [5.74, 6) is 0. The molecule has 92 valence electrons. The van der Waals surface area contributed by atoms with Crippen LogP contribution in [0.15, 0.2) is 24.3 Å². The van der Waals surface area contributed by atoms with Gasteiger partial charge in [-0.3, -0.25) is 0 Å². The van der Waals surface area contributed by atoms with Crippen LogP contribution < -0.4 is 5.73 Å². The summed E-state index contributed by atoms with van der Waals surface area (Å²) in [7, 11) is 0. The topological polar surface area (TPSA) is 26.0 Å². The quantitative estimate of drug-likeness (QED) is 0.824. The van der Waals surface area contributed by atoms with Crippen LogP contribution in [0.25, 0.3) is 0 Å². The van der Waals surface area contributed by atoms with Gasteiger partial charge in [0.2, 0.25) is 0 Å². The molecule has 3 rings (SSSR count). The highest BCUT2D eigenvalue weighted by molar-refractivity contribution is 5.37. The number of benzene rings is 1. The van der Waals surface area contributed by atoms with Crippen LogP contribution in [0.1, 0.15) is 49.7 Å². The number of hydrogen-bond donors (Lipinski definition) is 1. The van der Waals surface area contributed by atoms with E-state index < -0.39 is 0 Å². The van der Waals surface area contributed by atoms with Crippen LogP contribution >= 0.6 is 0 Å². The van der Waals surface area contributed by atoms with Crippen molar-refractivity contribution in [2.24, 2.45) is 11.1 Å². The highest BCUT2D eigenvalue weighted by atomic mass is 14.7. The fraction of sp³-hybridized carbons (Fsp3) is 0.625. The Balaban J connectivity index is 1.88. The van der Waals surface area contributed by atoms with E-state index in [1.54, 1.807) is 0 Å². The maximum absolute atomic E-state index is 6.12. The van der Waals surface area contributed by atoms with Gasteiger partial charge in [0.15, 0.2) is 0 Å². The third-order valence-corrected chi connectivity index (χ3v) is 5.20. The fourth-order valence-electron chi connectivity index (χ4n) is 4.48. The van der Waals surface area contributed by atoms with Crippen LogP contribution in [0.2, 0.25) is 0 Å². The van der Waals surface area contributed by atoms with E-state index in [0.717, 1.165) is 6.54 Å². The van der Waals surface area contributed by atoms with Crippen LogP contribution in [0.4, 0.5) is 0 Å². The average molecular weight is 229 g/mol. The first kappa shape index (κ1) is 11.3. The summed E-state index contributed by atoms with van der Waals surface area (Å²) >= 11 is 0. The average Bonchev–Trinajstić information content (AvgIpc) is 2.76. The third kappa shape index (κ3) is 1.63. The molecule has 0 unspecified atom stereocenters. The minimum absolute atomic E-state index is 0.301. The van der Waals surface area contributed by atoms with E-state index >= 15 is 0 Å². The molecule has 1 aromatic rings. The fourth-order valence-corrected chi connectivity index (χ4v) is 4.48. The molecule has 1 aromatic carbocycles. The molecule has 0 bridgehead atoms. The van der Waals surface area contributed by atoms with Crippen molar-refractivity contribution in [2.45, 2.75) is 50.9 Å². The van der Waals surface area contributed by atoms with Crippen LogP contribution in [-0.2, 0) is 5.41 Å². The van der Waals surface area contributed by atoms with Crippen molar-refractivity contribution in [3.8, 4) is 0 Å². The number of aryl methyl sites for hydroxylation is 1. The van der Waals surface area contributed by atoms with Gasteiger partial charge >= 0.3 is 0 Å². The second kappa shape index (κ2) is 3.84. The molecular formula is C16H23N. The molecular weight excluding hydrogens is 206 g/mol. The SMILES string of the molecule is Cc1ccccc1C1(CN)CC2(CCCC2)C1. The van der Waals surface area contributed by atoms with Crippen LogP contribution in [0.5, 0.6) is 0 Å². The van der Waals surface area contributed by atoms with Crippen LogP contribution in [-0.4, -0.2) is 6.54 Å². The molecule has 0 radical (unpaired) electrons. The Kier molecular flexibility index (Phi) is 2.55. The molecule has 17 heavy (non-hydrogen) atoms. The minimum atomic E-state index is 0.301. The zero-order valence-electron chi connectivity index (χ0n) is 10.8. The van der Waals surface area contributed by atoms with Crippen molar-refractivity contribution in [3.05, 3.63) is 35.4 Å². The number of rotatable bonds is 2. The summed E-state index contributed by atoms with van der Waals surface area (Å²) in [4.78, 5) is 0. The van der Waals surface area contributed by atoms with E-state index in [9.17, 15) is 0 Å². The molecule has 0 aliphatic heterocycles. The summed E-state index contributed by atoms with van der Waals surface area (Å²) in [5.41, 5.74) is 10.0. The third-order valence-electron chi connectivity index (χ3n) is 5.20. The Labute approximate surface area is 104 Å². The van der Waals surface area contributed by atoms with Gasteiger partial charge in [0, 0.05) is 12.0 Å². The lowest BCUT2D eigenvalue weighted by Gasteiger charge is -2.56. The molecule has 1 spiro atoms. The molecule has 2 aliphatic carbocycles. The molecule has 2 N–H and O–H groups in total. The van der Waals surface area contributed by atoms with Crippen molar-refractivity contribution in [3.63, 3.8) is 0 Å². The van der Waals surface area contributed by atoms with Gasteiger partial charge < -0.3 is 5.73 Å².